The average Bonchev–Trinajstić information content (AvgIpc) is 1.62. The number of nitrogens with one attached hydrogen (secondary N) is 2. The second-order valence-corrected chi connectivity index (χ2v) is 32.2. The van der Waals surface area contributed by atoms with E-state index in [-0.39, 0.29) is 82.5 Å². The van der Waals surface area contributed by atoms with Gasteiger partial charge in [-0.1, -0.05) is 65.2 Å². The van der Waals surface area contributed by atoms with Crippen molar-refractivity contribution >= 4 is 106 Å². The molecule has 3 aromatic carbocycles. The van der Waals surface area contributed by atoms with Crippen molar-refractivity contribution in [2.45, 2.75) is 127 Å². The zero-order valence-corrected chi connectivity index (χ0v) is 63.8. The fourth-order valence-corrected chi connectivity index (χ4v) is 16.4. The predicted octanol–water partition coefficient (Wildman–Crippen LogP) is 11.7. The largest absolute Gasteiger partial charge is 1.00 e. The molecule has 14 aromatic rings. The number of nitrogens with two attached hydrogens (primary N) is 1. The van der Waals surface area contributed by atoms with Gasteiger partial charge in [-0.2, -0.15) is 0 Å². The van der Waals surface area contributed by atoms with Gasteiger partial charge in [0.25, 0.3) is 30.1 Å². The molecule has 0 radical (unpaired) electrons. The number of aryl methyl sites for hydroxylation is 5. The quantitative estimate of drug-likeness (QED) is 0.0561. The van der Waals surface area contributed by atoms with Crippen LogP contribution in [0, 0.1) is 34.6 Å². The molecule has 0 amide bonds. The Balaban J connectivity index is 0.000000141. The number of hydrogen-bond acceptors (Lipinski definition) is 18. The van der Waals surface area contributed by atoms with E-state index in [0.29, 0.717) is 33.8 Å². The van der Waals surface area contributed by atoms with Gasteiger partial charge < -0.3 is 45.2 Å². The van der Waals surface area contributed by atoms with E-state index in [1.54, 1.807) is 128 Å². The first-order chi connectivity index (χ1) is 50.6. The van der Waals surface area contributed by atoms with E-state index in [2.05, 4.69) is 111 Å². The van der Waals surface area contributed by atoms with Crippen LogP contribution in [0.4, 0.5) is 0 Å². The Labute approximate surface area is 634 Å². The van der Waals surface area contributed by atoms with Crippen LogP contribution in [0.1, 0.15) is 80.6 Å². The first-order valence-electron chi connectivity index (χ1n) is 34.1. The number of H-pyrrole nitrogens is 2. The van der Waals surface area contributed by atoms with Gasteiger partial charge in [0, 0.05) is 113 Å². The summed E-state index contributed by atoms with van der Waals surface area (Å²) in [5.74, 6) is 4.03. The molecule has 5 N–H and O–H groups in total. The molecule has 24 nitrogen and oxygen atoms in total. The van der Waals surface area contributed by atoms with Gasteiger partial charge in [0.05, 0.1) is 43.8 Å². The summed E-state index contributed by atoms with van der Waals surface area (Å²) in [5, 5.41) is 11.4. The number of fused-ring (bicyclic) bond motifs is 6. The molecule has 11 aromatic heterocycles. The molecule has 30 heteroatoms. The number of nitrogens with zero attached hydrogens (tertiary/aromatic N) is 10. The molecule has 2 fully saturated rings. The third kappa shape index (κ3) is 16.4. The molecule has 0 saturated carbocycles. The van der Waals surface area contributed by atoms with Crippen LogP contribution < -0.4 is 24.7 Å². The number of aromatic amines is 2. The van der Waals surface area contributed by atoms with Crippen molar-refractivity contribution in [1.82, 2.24) is 51.8 Å². The second-order valence-electron chi connectivity index (χ2n) is 26.8. The van der Waals surface area contributed by atoms with Crippen LogP contribution in [0.25, 0.3) is 89.1 Å². The minimum absolute atomic E-state index is 0. The average molecular weight is 1490 g/mol. The van der Waals surface area contributed by atoms with Gasteiger partial charge in [0.15, 0.2) is 16.9 Å². The van der Waals surface area contributed by atoms with Gasteiger partial charge in [-0.05, 0) is 213 Å². The molecule has 17 rings (SSSR count). The molecule has 2 atom stereocenters. The number of rotatable bonds is 10. The molecular formula is C77H80B2LiN13O11S3. The molecule has 544 valence electrons. The van der Waals surface area contributed by atoms with Crippen LogP contribution in [0.5, 0.6) is 0 Å². The molecular weight excluding hydrogens is 1410 g/mol. The van der Waals surface area contributed by atoms with Crippen LogP contribution in [0.3, 0.4) is 0 Å². The molecule has 0 bridgehead atoms. The fraction of sp³-hybridized carbons (Fsp3) is 0.221. The van der Waals surface area contributed by atoms with E-state index in [0.717, 1.165) is 56.4 Å². The van der Waals surface area contributed by atoms with Crippen molar-refractivity contribution in [2.75, 3.05) is 0 Å². The Morgan fingerprint density at radius 3 is 1.28 bits per heavy atom. The standard InChI is InChI=1S/C28H22N4O4S2.C15H11N3.C15H14N2O2S.C11H22B2O4.C8H8N2.Li.H3N2O/c1-19-3-7-21(8-4-19)37(33,34)31-17-13-25-23(11-15-29-27(25)31)24-12-16-30-28-26(24)14-18-32(28)38(35,36)22-9-5-20(2)6-10-22;1-2-12-10(4-7-16-14(12)3-1)11-5-8-17-15-13(11)6-9-18-15;1-11-3-5-13(6-4-11)20(18,19)17-10-8-14-12(2)7-9-16-15(14)17;1-8-9(2)15-12(14-8)7-13-16-10(3,4)11(5,6)17-13;1-6-2-4-9-8-7(6)3-5-10-8;;1-2-3/h3-18H,1-2H3;1-2,4-9H,3H2,(H,17,18);3-10H,1-2H3;8-9H,7H2,1-6H3;2-5H,1H3,(H,9,10);;3H,1H2/q;;;;;+1;-1. The van der Waals surface area contributed by atoms with E-state index >= 15 is 0 Å². The Morgan fingerprint density at radius 2 is 0.832 bits per heavy atom. The number of benzene rings is 3. The summed E-state index contributed by atoms with van der Waals surface area (Å²) >= 11 is 0. The van der Waals surface area contributed by atoms with E-state index in [1.165, 1.54) is 52.0 Å². The summed E-state index contributed by atoms with van der Waals surface area (Å²) in [6.07, 6.45) is 24.8. The van der Waals surface area contributed by atoms with Crippen LogP contribution in [-0.2, 0) is 55.1 Å². The monoisotopic (exact) mass is 1490 g/mol. The molecule has 2 unspecified atom stereocenters. The maximum Gasteiger partial charge on any atom is 1.00 e. The summed E-state index contributed by atoms with van der Waals surface area (Å²) in [6.45, 7) is 22.0. The maximum absolute atomic E-state index is 13.4. The summed E-state index contributed by atoms with van der Waals surface area (Å²) < 4.78 is 106. The Kier molecular flexibility index (Phi) is 23.7. The zero-order chi connectivity index (χ0) is 75.5. The predicted molar refractivity (Wildman–Crippen MR) is 414 cm³/mol. The van der Waals surface area contributed by atoms with Crippen molar-refractivity contribution in [3.63, 3.8) is 0 Å². The number of allylic oxidation sites excluding steroid dienone is 1. The number of pyridine rings is 6. The molecule has 0 spiro atoms. The Morgan fingerprint density at radius 1 is 0.477 bits per heavy atom. The molecule has 2 saturated heterocycles. The third-order valence-corrected chi connectivity index (χ3v) is 24.1. The van der Waals surface area contributed by atoms with Gasteiger partial charge in [-0.25, -0.2) is 62.1 Å². The van der Waals surface area contributed by atoms with E-state index in [4.69, 9.17) is 23.8 Å². The first-order valence-corrected chi connectivity index (χ1v) is 38.4. The van der Waals surface area contributed by atoms with Crippen molar-refractivity contribution in [3.05, 3.63) is 258 Å². The maximum atomic E-state index is 13.4. The Hall–Kier alpha value is -9.70. The molecule has 13 heterocycles. The normalized spacial score (nSPS) is 15.6. The fourth-order valence-electron chi connectivity index (χ4n) is 12.4. The summed E-state index contributed by atoms with van der Waals surface area (Å²) in [7, 11) is -11.8. The van der Waals surface area contributed by atoms with Crippen LogP contribution in [0.2, 0.25) is 6.22 Å². The van der Waals surface area contributed by atoms with Gasteiger partial charge in [0.1, 0.15) is 11.3 Å². The van der Waals surface area contributed by atoms with Gasteiger partial charge in [-0.15, -0.1) is 0 Å². The molecule has 3 aliphatic rings. The van der Waals surface area contributed by atoms with Crippen molar-refractivity contribution in [3.8, 4) is 22.3 Å². The molecule has 2 aliphatic heterocycles. The van der Waals surface area contributed by atoms with E-state index in [9.17, 15) is 25.3 Å². The second kappa shape index (κ2) is 32.4. The summed E-state index contributed by atoms with van der Waals surface area (Å²) in [4.78, 5) is 32.6. The van der Waals surface area contributed by atoms with Crippen molar-refractivity contribution in [1.29, 1.82) is 0 Å². The molecule has 1 aliphatic carbocycles. The summed E-state index contributed by atoms with van der Waals surface area (Å²) in [5.41, 5.74) is 15.8. The van der Waals surface area contributed by atoms with E-state index < -0.39 is 30.1 Å². The van der Waals surface area contributed by atoms with Gasteiger partial charge in [0.2, 0.25) is 0 Å². The minimum Gasteiger partial charge on any atom is -0.488 e. The SMILES string of the molecule is C1=Cc2c(-c3ccnc4[nH]ccc34)ccnc2C1.CC1OB(CB2OC(C)(C)C(C)(C)O2)OC1C.Cc1ccc(S(=O)(=O)n2ccc3c(-c4ccnc5c4ccn5S(=O)(=O)c4ccc(C)cc4)ccnc32)cc1.Cc1ccc(S(=O)(=O)n2ccc3c(C)ccnc32)cc1.Cc1ccnc2[nH]ccc12.N[N-]O.[Li+]. The zero-order valence-electron chi connectivity index (χ0n) is 61.3. The van der Waals surface area contributed by atoms with E-state index in [1.807, 2.05) is 96.3 Å². The Bertz CT molecular complexity index is 5720. The number of hydrogen-bond donors (Lipinski definition) is 4. The van der Waals surface area contributed by atoms with Crippen LogP contribution >= 0.6 is 0 Å². The van der Waals surface area contributed by atoms with Crippen LogP contribution in [0.15, 0.2) is 228 Å². The van der Waals surface area contributed by atoms with Crippen molar-refractivity contribution in [2.24, 2.45) is 5.84 Å². The third-order valence-electron chi connectivity index (χ3n) is 19.1. The summed E-state index contributed by atoms with van der Waals surface area (Å²) in [6, 6.07) is 41.0. The van der Waals surface area contributed by atoms with Crippen molar-refractivity contribution < 1.29 is 67.9 Å². The number of aromatic nitrogens is 11. The molecule has 107 heavy (non-hydrogen) atoms. The first kappa shape index (κ1) is 78.4. The van der Waals surface area contributed by atoms with Gasteiger partial charge >= 0.3 is 33.1 Å². The topological polar surface area (TPSA) is 323 Å². The van der Waals surface area contributed by atoms with Crippen LogP contribution in [-0.4, -0.2) is 120 Å². The van der Waals surface area contributed by atoms with Gasteiger partial charge in [-0.3, -0.25) is 4.98 Å². The smallest absolute Gasteiger partial charge is 0.488 e. The minimum atomic E-state index is -3.87.